The third-order valence-corrected chi connectivity index (χ3v) is 9.86. The quantitative estimate of drug-likeness (QED) is 0.310. The highest BCUT2D eigenvalue weighted by molar-refractivity contribution is 5.94. The number of carboxylic acid groups (broad SMARTS) is 1. The van der Waals surface area contributed by atoms with Crippen LogP contribution in [0.1, 0.15) is 41.0 Å². The van der Waals surface area contributed by atoms with E-state index in [0.717, 1.165) is 40.3 Å². The van der Waals surface area contributed by atoms with Gasteiger partial charge in [0.2, 0.25) is 5.91 Å². The van der Waals surface area contributed by atoms with Crippen molar-refractivity contribution >= 4 is 28.7 Å². The monoisotopic (exact) mass is 529 g/mol. The van der Waals surface area contributed by atoms with Crippen LogP contribution in [0.25, 0.3) is 16.8 Å². The summed E-state index contributed by atoms with van der Waals surface area (Å²) in [5.41, 5.74) is 2.76. The van der Waals surface area contributed by atoms with Crippen molar-refractivity contribution in [3.63, 3.8) is 0 Å². The Morgan fingerprint density at radius 1 is 0.950 bits per heavy atom. The van der Waals surface area contributed by atoms with Gasteiger partial charge in [0.1, 0.15) is 5.75 Å². The smallest absolute Gasteiger partial charge is 0.312 e. The highest BCUT2D eigenvalue weighted by atomic mass is 16.5. The van der Waals surface area contributed by atoms with E-state index in [9.17, 15) is 14.7 Å². The predicted octanol–water partition coefficient (Wildman–Crippen LogP) is 6.27. The molecule has 40 heavy (non-hydrogen) atoms. The summed E-state index contributed by atoms with van der Waals surface area (Å²) in [6, 6.07) is 30.8. The Kier molecular flexibility index (Phi) is 5.60. The van der Waals surface area contributed by atoms with Crippen molar-refractivity contribution in [2.45, 2.75) is 24.2 Å². The zero-order chi connectivity index (χ0) is 27.5. The Labute approximate surface area is 233 Å². The summed E-state index contributed by atoms with van der Waals surface area (Å²) in [5, 5.41) is 13.3. The summed E-state index contributed by atoms with van der Waals surface area (Å²) >= 11 is 0. The summed E-state index contributed by atoms with van der Waals surface area (Å²) in [6.45, 7) is 0.607. The second kappa shape index (κ2) is 9.09. The van der Waals surface area contributed by atoms with E-state index in [1.807, 2.05) is 42.5 Å². The largest absolute Gasteiger partial charge is 0.496 e. The van der Waals surface area contributed by atoms with Crippen LogP contribution < -0.4 is 4.74 Å². The number of nitrogens with zero attached hydrogens (tertiary/aromatic N) is 1. The van der Waals surface area contributed by atoms with E-state index >= 15 is 0 Å². The average Bonchev–Trinajstić information content (AvgIpc) is 3.44. The number of aliphatic carboxylic acids is 1. The number of para-hydroxylation sites is 1. The molecule has 0 radical (unpaired) electrons. The third-order valence-electron chi connectivity index (χ3n) is 9.86. The van der Waals surface area contributed by atoms with Gasteiger partial charge in [0.05, 0.1) is 12.5 Å². The van der Waals surface area contributed by atoms with Gasteiger partial charge < -0.3 is 14.7 Å². The minimum Gasteiger partial charge on any atom is -0.496 e. The Balaban J connectivity index is 1.35. The molecule has 1 amide bonds. The summed E-state index contributed by atoms with van der Waals surface area (Å²) in [5.74, 6) is -0.656. The standard InChI is InChI=1S/C35H31NO4/c1-40-30-13-7-4-9-24(30)15-17-32(37)36-21-31-34(26-16-14-23-8-2-3-10-25(23)20-26)19-18-29(35(31,22-36)33(38)39)27-11-5-6-12-28(27)34/h2-17,20,29,31H,18-19,21-22H2,1H3,(H,38,39)/b17-15+/t29-,31-,34-,35-/m0/s1. The van der Waals surface area contributed by atoms with Crippen LogP contribution >= 0.6 is 0 Å². The van der Waals surface area contributed by atoms with Crippen LogP contribution in [0.2, 0.25) is 0 Å². The minimum atomic E-state index is -1.05. The molecule has 5 nitrogen and oxygen atoms in total. The molecule has 3 aliphatic carbocycles. The van der Waals surface area contributed by atoms with Crippen LogP contribution in [0, 0.1) is 11.3 Å². The number of likely N-dealkylation sites (tertiary alicyclic amines) is 1. The predicted molar refractivity (Wildman–Crippen MR) is 155 cm³/mol. The minimum absolute atomic E-state index is 0.135. The van der Waals surface area contributed by atoms with E-state index in [0.29, 0.717) is 12.3 Å². The first-order valence-corrected chi connectivity index (χ1v) is 13.9. The van der Waals surface area contributed by atoms with E-state index in [2.05, 4.69) is 48.5 Å². The van der Waals surface area contributed by atoms with E-state index in [-0.39, 0.29) is 24.3 Å². The molecule has 1 saturated heterocycles. The molecule has 1 saturated carbocycles. The number of carboxylic acids is 1. The highest BCUT2D eigenvalue weighted by Gasteiger charge is 2.70. The molecule has 4 aliphatic rings. The molecule has 2 bridgehead atoms. The van der Waals surface area contributed by atoms with Gasteiger partial charge in [-0.3, -0.25) is 9.59 Å². The fourth-order valence-electron chi connectivity index (χ4n) is 8.16. The van der Waals surface area contributed by atoms with Crippen molar-refractivity contribution in [3.05, 3.63) is 119 Å². The van der Waals surface area contributed by atoms with Crippen molar-refractivity contribution in [3.8, 4) is 5.75 Å². The molecular formula is C35H31NO4. The number of hydrogen-bond acceptors (Lipinski definition) is 3. The lowest BCUT2D eigenvalue weighted by Gasteiger charge is -2.59. The topological polar surface area (TPSA) is 66.8 Å². The van der Waals surface area contributed by atoms with Gasteiger partial charge in [-0.2, -0.15) is 0 Å². The SMILES string of the molecule is COc1ccccc1/C=C/C(=O)N1C[C@H]2[C@]3(c4ccc5ccccc5c4)CC[C@@H](c4ccccc43)[C@@]2(C(=O)O)C1. The van der Waals surface area contributed by atoms with E-state index < -0.39 is 16.8 Å². The molecule has 2 fully saturated rings. The maximum atomic E-state index is 13.7. The molecule has 200 valence electrons. The summed E-state index contributed by atoms with van der Waals surface area (Å²) in [6.07, 6.45) is 4.97. The first kappa shape index (κ1) is 24.6. The zero-order valence-electron chi connectivity index (χ0n) is 22.4. The number of ether oxygens (including phenoxy) is 1. The molecule has 4 aromatic rings. The molecule has 1 aliphatic heterocycles. The van der Waals surface area contributed by atoms with E-state index in [4.69, 9.17) is 4.74 Å². The van der Waals surface area contributed by atoms with Gasteiger partial charge in [-0.05, 0) is 52.4 Å². The van der Waals surface area contributed by atoms with Crippen molar-refractivity contribution in [1.82, 2.24) is 4.90 Å². The molecule has 5 heteroatoms. The van der Waals surface area contributed by atoms with Crippen LogP contribution in [0.3, 0.4) is 0 Å². The lowest BCUT2D eigenvalue weighted by atomic mass is 9.42. The van der Waals surface area contributed by atoms with Crippen molar-refractivity contribution in [1.29, 1.82) is 0 Å². The van der Waals surface area contributed by atoms with Crippen LogP contribution in [0.5, 0.6) is 5.75 Å². The average molecular weight is 530 g/mol. The third kappa shape index (κ3) is 3.33. The number of methoxy groups -OCH3 is 1. The van der Waals surface area contributed by atoms with Crippen molar-refractivity contribution in [2.75, 3.05) is 20.2 Å². The maximum absolute atomic E-state index is 13.7. The lowest BCUT2D eigenvalue weighted by molar-refractivity contribution is -0.157. The normalized spacial score (nSPS) is 26.6. The first-order valence-electron chi connectivity index (χ1n) is 13.9. The molecule has 1 heterocycles. The number of hydrogen-bond donors (Lipinski definition) is 1. The summed E-state index contributed by atoms with van der Waals surface area (Å²) in [4.78, 5) is 28.8. The first-order chi connectivity index (χ1) is 19.5. The highest BCUT2D eigenvalue weighted by Crippen LogP contribution is 2.69. The number of carbonyl (C=O) groups excluding carboxylic acids is 1. The molecule has 4 atom stereocenters. The van der Waals surface area contributed by atoms with E-state index in [1.54, 1.807) is 24.2 Å². The Morgan fingerprint density at radius 2 is 1.70 bits per heavy atom. The molecule has 1 N–H and O–H groups in total. The molecule has 0 unspecified atom stereocenters. The van der Waals surface area contributed by atoms with Crippen molar-refractivity contribution in [2.24, 2.45) is 11.3 Å². The van der Waals surface area contributed by atoms with Crippen LogP contribution in [-0.2, 0) is 15.0 Å². The molecule has 0 spiro atoms. The molecule has 4 aromatic carbocycles. The Hall–Kier alpha value is -4.38. The molecule has 0 aromatic heterocycles. The van der Waals surface area contributed by atoms with Gasteiger partial charge in [0, 0.05) is 42.0 Å². The molecule has 8 rings (SSSR count). The van der Waals surface area contributed by atoms with Gasteiger partial charge >= 0.3 is 5.97 Å². The number of amides is 1. The fourth-order valence-corrected chi connectivity index (χ4v) is 8.16. The summed E-state index contributed by atoms with van der Waals surface area (Å²) in [7, 11) is 1.61. The Bertz CT molecular complexity index is 1690. The lowest BCUT2D eigenvalue weighted by Crippen LogP contribution is -2.60. The number of fused-ring (bicyclic) bond motifs is 2. The molecular weight excluding hydrogens is 498 g/mol. The van der Waals surface area contributed by atoms with Gasteiger partial charge in [-0.15, -0.1) is 0 Å². The summed E-state index contributed by atoms with van der Waals surface area (Å²) < 4.78 is 5.44. The van der Waals surface area contributed by atoms with Crippen LogP contribution in [0.15, 0.2) is 97.1 Å². The number of carbonyl (C=O) groups is 2. The maximum Gasteiger partial charge on any atom is 0.312 e. The van der Waals surface area contributed by atoms with Gasteiger partial charge in [-0.25, -0.2) is 0 Å². The second-order valence-corrected chi connectivity index (χ2v) is 11.4. The zero-order valence-corrected chi connectivity index (χ0v) is 22.4. The number of rotatable bonds is 5. The van der Waals surface area contributed by atoms with Crippen molar-refractivity contribution < 1.29 is 19.4 Å². The van der Waals surface area contributed by atoms with Gasteiger partial charge in [-0.1, -0.05) is 84.9 Å². The van der Waals surface area contributed by atoms with Crippen LogP contribution in [0.4, 0.5) is 0 Å². The Morgan fingerprint density at radius 3 is 2.52 bits per heavy atom. The van der Waals surface area contributed by atoms with Gasteiger partial charge in [0.25, 0.3) is 0 Å². The fraction of sp³-hybridized carbons (Fsp3) is 0.257. The van der Waals surface area contributed by atoms with E-state index in [1.165, 1.54) is 5.56 Å². The van der Waals surface area contributed by atoms with Crippen LogP contribution in [-0.4, -0.2) is 42.1 Å². The second-order valence-electron chi connectivity index (χ2n) is 11.4. The number of benzene rings is 4. The van der Waals surface area contributed by atoms with Gasteiger partial charge in [0.15, 0.2) is 0 Å².